The summed E-state index contributed by atoms with van der Waals surface area (Å²) in [6, 6.07) is 69.0. The lowest BCUT2D eigenvalue weighted by atomic mass is 10.0. The van der Waals surface area contributed by atoms with E-state index in [0.717, 1.165) is 47.2 Å². The number of morpholine rings is 3. The van der Waals surface area contributed by atoms with E-state index in [4.69, 9.17) is 70.9 Å². The number of carbonyl (C=O) groups is 8. The van der Waals surface area contributed by atoms with Crippen LogP contribution in [0.4, 0.5) is 23.3 Å². The minimum Gasteiger partial charge on any atom is -1.00 e. The first-order valence-corrected chi connectivity index (χ1v) is 41.7. The van der Waals surface area contributed by atoms with Crippen LogP contribution in [0.3, 0.4) is 0 Å². The Bertz CT molecular complexity index is 6230. The van der Waals surface area contributed by atoms with Crippen molar-refractivity contribution in [3.05, 3.63) is 295 Å². The summed E-state index contributed by atoms with van der Waals surface area (Å²) < 4.78 is 64.5. The molecule has 1 amide bonds. The molecule has 0 spiro atoms. The Morgan fingerprint density at radius 2 is 0.677 bits per heavy atom. The second-order valence-electron chi connectivity index (χ2n) is 32.4. The van der Waals surface area contributed by atoms with Crippen LogP contribution in [0.25, 0.3) is 66.3 Å². The number of carbonyl (C=O) groups excluding carboxylic acids is 8. The Balaban J connectivity index is 0.000000194. The van der Waals surface area contributed by atoms with Crippen molar-refractivity contribution in [1.82, 2.24) is 18.3 Å². The standard InChI is InChI=1S/C35H37N2O8.C32H32NO7.C28H23N2O5S.2C2H4O2.HI/c1-35(2,3)45-31(39)22-36(4)33(40)25-13-15-26(16-14-25)34(41)43-23-37(17-19-42-20-18-37)30-21-29(38)28-12-8-11-27(32(28)44-30)24-9-6-5-7-10-24;1-32(2,3)40-31(36)24-14-12-23(13-15-24)30(35)38-21-33(16-18-37-19-17-33)28-20-27(34)26-11-7-10-25(29(26)39-28)22-8-5-4-6-9-22;31-25-17-26(35-27-23(7-4-8-24(25)27)20-5-2-1-3-6-20)30(13-15-33-16-14-30)19-34-28(32)21-9-11-22(12-10-21)29-18-36;2*1-2(3)4;/h5-16,21H,17-20,22-23H2,1-4H3;4-15,20H,16-19,21H2,1-3H3;1-12,17H,13-16,19H2;2*1H3,(H,3,4);1H/q3*+1;;;/p-3. The van der Waals surface area contributed by atoms with E-state index in [1.54, 1.807) is 84.0 Å². The monoisotopic (exact) mass is 1900 g/mol. The van der Waals surface area contributed by atoms with Crippen LogP contribution in [-0.2, 0) is 52.3 Å². The van der Waals surface area contributed by atoms with Gasteiger partial charge in [0, 0.05) is 41.2 Å². The van der Waals surface area contributed by atoms with E-state index >= 15 is 0 Å². The second kappa shape index (κ2) is 45.1. The van der Waals surface area contributed by atoms with Crippen molar-refractivity contribution < 1.29 is 124 Å². The number of amides is 1. The van der Waals surface area contributed by atoms with E-state index < -0.39 is 53.0 Å². The van der Waals surface area contributed by atoms with Gasteiger partial charge in [0.15, 0.2) is 33.0 Å². The normalized spacial score (nSPS) is 14.1. The van der Waals surface area contributed by atoms with Crippen molar-refractivity contribution in [2.24, 2.45) is 4.99 Å². The van der Waals surface area contributed by atoms with E-state index in [9.17, 15) is 43.2 Å². The van der Waals surface area contributed by atoms with Gasteiger partial charge in [-0.05, 0) is 175 Å². The molecule has 0 bridgehead atoms. The largest absolute Gasteiger partial charge is 1.00 e. The van der Waals surface area contributed by atoms with Crippen LogP contribution in [0.1, 0.15) is 107 Å². The van der Waals surface area contributed by atoms with E-state index in [1.165, 1.54) is 78.7 Å². The van der Waals surface area contributed by atoms with Gasteiger partial charge in [0.25, 0.3) is 5.91 Å². The molecule has 0 atom stereocenters. The summed E-state index contributed by atoms with van der Waals surface area (Å²) in [6.07, 6.45) is 0. The molecule has 3 aliphatic heterocycles. The van der Waals surface area contributed by atoms with Crippen LogP contribution >= 0.6 is 12.2 Å². The molecular formula is C99H98IN5O24S. The molecule has 6 heterocycles. The summed E-state index contributed by atoms with van der Waals surface area (Å²) in [4.78, 5) is 139. The summed E-state index contributed by atoms with van der Waals surface area (Å²) >= 11 is 4.61. The summed E-state index contributed by atoms with van der Waals surface area (Å²) in [6.45, 7) is 17.6. The van der Waals surface area contributed by atoms with Gasteiger partial charge in [0.2, 0.25) is 20.2 Å². The first-order chi connectivity index (χ1) is 61.7. The predicted molar refractivity (Wildman–Crippen MR) is 485 cm³/mol. The fourth-order valence-electron chi connectivity index (χ4n) is 14.3. The van der Waals surface area contributed by atoms with Crippen molar-refractivity contribution in [1.29, 1.82) is 0 Å². The predicted octanol–water partition coefficient (Wildman–Crippen LogP) is 10.5. The Labute approximate surface area is 771 Å². The molecule has 15 rings (SSSR count). The van der Waals surface area contributed by atoms with Gasteiger partial charge < -0.3 is 99.8 Å². The van der Waals surface area contributed by atoms with Crippen molar-refractivity contribution in [2.45, 2.75) is 66.6 Å². The van der Waals surface area contributed by atoms with Gasteiger partial charge in [-0.15, -0.1) is 0 Å². The maximum atomic E-state index is 13.3. The molecular weight excluding hydrogens is 1800 g/mol. The Morgan fingerprint density at radius 1 is 0.400 bits per heavy atom. The molecule has 0 unspecified atom stereocenters. The zero-order chi connectivity index (χ0) is 92.6. The molecule has 3 aromatic heterocycles. The fraction of sp³-hybridized carbons (Fsp3) is 0.273. The number of aliphatic carboxylic acids is 2. The molecule has 0 N–H and O–H groups in total. The summed E-state index contributed by atoms with van der Waals surface area (Å²) in [5, 5.41) is 21.5. The molecule has 12 aromatic rings. The average molecular weight is 1900 g/mol. The first-order valence-electron chi connectivity index (χ1n) is 41.3. The second-order valence-corrected chi connectivity index (χ2v) is 32.6. The maximum Gasteiger partial charge on any atom is 0.342 e. The molecule has 9 aromatic carbocycles. The van der Waals surface area contributed by atoms with Crippen LogP contribution < -0.4 is 63.9 Å². The third-order valence-electron chi connectivity index (χ3n) is 20.7. The van der Waals surface area contributed by atoms with E-state index in [0.29, 0.717) is 157 Å². The number of hydrogen-bond acceptors (Lipinski definition) is 26. The quantitative estimate of drug-likeness (QED) is 0.0171. The van der Waals surface area contributed by atoms with Gasteiger partial charge >= 0.3 is 47.5 Å². The molecule has 3 fully saturated rings. The molecule has 0 saturated carbocycles. The van der Waals surface area contributed by atoms with Gasteiger partial charge in [-0.25, -0.2) is 32.6 Å². The lowest BCUT2D eigenvalue weighted by molar-refractivity contribution is -0.303. The number of thiocarbonyl (C=S) groups is 1. The summed E-state index contributed by atoms with van der Waals surface area (Å²) in [5.41, 5.74) is 7.12. The van der Waals surface area contributed by atoms with E-state index in [1.807, 2.05) is 127 Å². The van der Waals surface area contributed by atoms with Crippen molar-refractivity contribution >= 4 is 121 Å². The fourth-order valence-corrected chi connectivity index (χ4v) is 14.4. The minimum absolute atomic E-state index is 0. The number of carboxylic acid groups (broad SMARTS) is 2. The number of quaternary nitrogens is 3. The third-order valence-corrected chi connectivity index (χ3v) is 20.8. The number of likely N-dealkylation sites (N-methyl/N-ethyl adjacent to an activating group) is 1. The SMILES string of the molecule is CC(=O)[O-].CC(=O)[O-].CC(C)(C)OC(=O)c1ccc(C(=O)OC[N+]2(c3cc(=O)c4cccc(-c5ccccc5)c4o3)CCOCC2)cc1.CN(CC(=O)OC(C)(C)C)C(=O)c1ccc(C(=O)OC[N+]2(c3cc(=O)c4cccc(-c5ccccc5)c4o3)CCOCC2)cc1.O=C(OC[N+]1(c2cc(=O)c3cccc(-c4ccccc4)c3o2)CCOCC1)c1ccc(N=C=S)cc1.[I-]. The lowest BCUT2D eigenvalue weighted by Gasteiger charge is -2.37. The highest BCUT2D eigenvalue weighted by molar-refractivity contribution is 7.78. The zero-order valence-corrected chi connectivity index (χ0v) is 76.1. The molecule has 676 valence electrons. The van der Waals surface area contributed by atoms with Gasteiger partial charge in [-0.2, -0.15) is 4.99 Å². The molecule has 29 nitrogen and oxygen atoms in total. The lowest BCUT2D eigenvalue weighted by Crippen LogP contribution is -3.00. The van der Waals surface area contributed by atoms with Gasteiger partial charge in [0.1, 0.15) is 57.0 Å². The van der Waals surface area contributed by atoms with Crippen molar-refractivity contribution in [3.8, 4) is 33.4 Å². The van der Waals surface area contributed by atoms with Crippen molar-refractivity contribution in [3.63, 3.8) is 0 Å². The number of ether oxygens (including phenoxy) is 8. The van der Waals surface area contributed by atoms with Gasteiger partial charge in [0.05, 0.1) is 107 Å². The average Bonchev–Trinajstić information content (AvgIpc) is 0.766. The number of carboxylic acids is 2. The molecule has 3 aliphatic rings. The highest BCUT2D eigenvalue weighted by Crippen LogP contribution is 2.38. The van der Waals surface area contributed by atoms with Crippen LogP contribution in [0.5, 0.6) is 0 Å². The van der Waals surface area contributed by atoms with E-state index in [2.05, 4.69) is 22.4 Å². The minimum atomic E-state index is -1.08. The number of isothiocyanates is 1. The number of hydrogen-bond donors (Lipinski definition) is 0. The van der Waals surface area contributed by atoms with Crippen LogP contribution in [0.15, 0.2) is 269 Å². The third kappa shape index (κ3) is 26.2. The number of aliphatic imine (C=N–C) groups is 1. The maximum absolute atomic E-state index is 13.3. The Morgan fingerprint density at radius 3 is 0.962 bits per heavy atom. The number of benzene rings is 9. The number of rotatable bonds is 20. The smallest absolute Gasteiger partial charge is 0.342 e. The Hall–Kier alpha value is -13.3. The van der Waals surface area contributed by atoms with Crippen molar-refractivity contribution in [2.75, 3.05) is 113 Å². The van der Waals surface area contributed by atoms with Crippen LogP contribution in [0, 0.1) is 0 Å². The molecule has 31 heteroatoms. The van der Waals surface area contributed by atoms with Gasteiger partial charge in [-0.3, -0.25) is 24.0 Å². The highest BCUT2D eigenvalue weighted by Gasteiger charge is 2.42. The first kappa shape index (κ1) is 98.8. The molecule has 3 saturated heterocycles. The molecule has 0 radical (unpaired) electrons. The highest BCUT2D eigenvalue weighted by atomic mass is 127. The number of esters is 5. The summed E-state index contributed by atoms with van der Waals surface area (Å²) in [5.74, 6) is -3.91. The van der Waals surface area contributed by atoms with Crippen LogP contribution in [-0.4, -0.2) is 182 Å². The zero-order valence-electron chi connectivity index (χ0n) is 73.2. The molecule has 0 aliphatic carbocycles. The number of nitrogens with zero attached hydrogens (tertiary/aromatic N) is 5. The summed E-state index contributed by atoms with van der Waals surface area (Å²) in [7, 11) is 1.51. The number of halogens is 1. The van der Waals surface area contributed by atoms with Gasteiger partial charge in [-0.1, -0.05) is 127 Å². The Kier molecular flexibility index (Phi) is 34.3. The number of para-hydroxylation sites is 3. The molecule has 130 heavy (non-hydrogen) atoms. The topological polar surface area (TPSA) is 363 Å². The van der Waals surface area contributed by atoms with Crippen LogP contribution in [0.2, 0.25) is 0 Å². The number of fused-ring (bicyclic) bond motifs is 3. The van der Waals surface area contributed by atoms with E-state index in [-0.39, 0.29) is 91.9 Å².